The molecule has 0 aromatic heterocycles. The minimum Gasteiger partial charge on any atom is -0.459 e. The molecule has 3 atom stereocenters. The number of hydrogen-bond acceptors (Lipinski definition) is 5. The van der Waals surface area contributed by atoms with Crippen molar-refractivity contribution in [3.63, 3.8) is 0 Å². The van der Waals surface area contributed by atoms with Crippen LogP contribution in [-0.4, -0.2) is 40.8 Å². The lowest BCUT2D eigenvalue weighted by atomic mass is 10.1. The van der Waals surface area contributed by atoms with E-state index >= 15 is 0 Å². The quantitative estimate of drug-likeness (QED) is 0.774. The van der Waals surface area contributed by atoms with Gasteiger partial charge in [-0.25, -0.2) is 4.79 Å². The summed E-state index contributed by atoms with van der Waals surface area (Å²) in [6.45, 7) is 1.39. The number of esters is 1. The number of aliphatic hydroxyl groups excluding tert-OH is 1. The van der Waals surface area contributed by atoms with Gasteiger partial charge in [-0.05, 0) is 19.1 Å². The van der Waals surface area contributed by atoms with Crippen LogP contribution in [-0.2, 0) is 9.47 Å². The number of benzene rings is 1. The molecule has 18 heavy (non-hydrogen) atoms. The van der Waals surface area contributed by atoms with Crippen molar-refractivity contribution in [2.24, 2.45) is 0 Å². The molecule has 2 N–H and O–H groups in total. The maximum Gasteiger partial charge on any atom is 0.338 e. The number of hydrogen-bond donors (Lipinski definition) is 2. The summed E-state index contributed by atoms with van der Waals surface area (Å²) in [4.78, 5) is 11.6. The number of aliphatic hydroxyl groups is 2. The summed E-state index contributed by atoms with van der Waals surface area (Å²) >= 11 is 0. The van der Waals surface area contributed by atoms with Crippen LogP contribution in [0.3, 0.4) is 0 Å². The Morgan fingerprint density at radius 3 is 2.72 bits per heavy atom. The van der Waals surface area contributed by atoms with Crippen LogP contribution in [0.2, 0.25) is 0 Å². The van der Waals surface area contributed by atoms with Gasteiger partial charge in [-0.2, -0.15) is 0 Å². The van der Waals surface area contributed by atoms with Crippen LogP contribution in [0.4, 0.5) is 0 Å². The van der Waals surface area contributed by atoms with Gasteiger partial charge in [0, 0.05) is 6.42 Å². The molecule has 1 saturated heterocycles. The molecule has 5 heteroatoms. The largest absolute Gasteiger partial charge is 0.459 e. The summed E-state index contributed by atoms with van der Waals surface area (Å²) in [5.41, 5.74) is 0.441. The first-order valence-corrected chi connectivity index (χ1v) is 5.78. The van der Waals surface area contributed by atoms with E-state index in [0.29, 0.717) is 5.56 Å². The zero-order chi connectivity index (χ0) is 13.2. The van der Waals surface area contributed by atoms with Crippen molar-refractivity contribution in [2.45, 2.75) is 31.3 Å². The Balaban J connectivity index is 1.87. The molecule has 98 valence electrons. The van der Waals surface area contributed by atoms with Crippen LogP contribution in [0, 0.1) is 0 Å². The zero-order valence-corrected chi connectivity index (χ0v) is 10.1. The molecule has 1 aliphatic rings. The lowest BCUT2D eigenvalue weighted by molar-refractivity contribution is -0.185. The second-order valence-electron chi connectivity index (χ2n) is 4.57. The third-order valence-corrected chi connectivity index (χ3v) is 2.81. The highest BCUT2D eigenvalue weighted by atomic mass is 16.7. The number of carbonyl (C=O) groups is 1. The Morgan fingerprint density at radius 1 is 1.50 bits per heavy atom. The molecule has 0 spiro atoms. The lowest BCUT2D eigenvalue weighted by Gasteiger charge is -2.17. The van der Waals surface area contributed by atoms with Crippen LogP contribution >= 0.6 is 0 Å². The molecule has 1 fully saturated rings. The molecule has 0 radical (unpaired) electrons. The van der Waals surface area contributed by atoms with E-state index in [1.807, 2.05) is 0 Å². The van der Waals surface area contributed by atoms with Gasteiger partial charge in [-0.1, -0.05) is 18.2 Å². The van der Waals surface area contributed by atoms with Crippen molar-refractivity contribution in [2.75, 3.05) is 6.61 Å². The standard InChI is InChI=1S/C13H16O5/c1-13(16)7-10(14)11(18-13)8-17-12(15)9-5-3-2-4-6-9/h2-6,10-11,14,16H,7-8H2,1H3/t10-,11+,13+/m1/s1. The molecule has 5 nitrogen and oxygen atoms in total. The molecule has 1 aliphatic heterocycles. The van der Waals surface area contributed by atoms with Gasteiger partial charge in [0.25, 0.3) is 0 Å². The molecule has 0 bridgehead atoms. The van der Waals surface area contributed by atoms with E-state index in [-0.39, 0.29) is 13.0 Å². The minimum atomic E-state index is -1.36. The summed E-state index contributed by atoms with van der Waals surface area (Å²) < 4.78 is 10.2. The SMILES string of the molecule is C[C@@]1(O)C[C@@H](O)[C@H](COC(=O)c2ccccc2)O1. The fourth-order valence-corrected chi connectivity index (χ4v) is 1.93. The highest BCUT2D eigenvalue weighted by Crippen LogP contribution is 2.28. The van der Waals surface area contributed by atoms with Crippen molar-refractivity contribution < 1.29 is 24.5 Å². The molecule has 1 aromatic carbocycles. The number of ether oxygens (including phenoxy) is 2. The predicted molar refractivity (Wildman–Crippen MR) is 62.8 cm³/mol. The Hall–Kier alpha value is -1.43. The smallest absolute Gasteiger partial charge is 0.338 e. The van der Waals surface area contributed by atoms with Crippen molar-refractivity contribution in [3.8, 4) is 0 Å². The van der Waals surface area contributed by atoms with Crippen LogP contribution in [0.25, 0.3) is 0 Å². The van der Waals surface area contributed by atoms with E-state index in [1.165, 1.54) is 6.92 Å². The maximum atomic E-state index is 11.6. The molecular weight excluding hydrogens is 236 g/mol. The first-order valence-electron chi connectivity index (χ1n) is 5.78. The normalized spacial score (nSPS) is 31.3. The first kappa shape index (κ1) is 13.0. The van der Waals surface area contributed by atoms with E-state index in [2.05, 4.69) is 0 Å². The van der Waals surface area contributed by atoms with E-state index in [1.54, 1.807) is 30.3 Å². The molecule has 2 rings (SSSR count). The van der Waals surface area contributed by atoms with Crippen molar-refractivity contribution >= 4 is 5.97 Å². The molecule has 1 heterocycles. The van der Waals surface area contributed by atoms with Gasteiger partial charge < -0.3 is 19.7 Å². The Kier molecular flexibility index (Phi) is 3.65. The van der Waals surface area contributed by atoms with Gasteiger partial charge in [-0.3, -0.25) is 0 Å². The first-order chi connectivity index (χ1) is 8.48. The average Bonchev–Trinajstić information content (AvgIpc) is 2.60. The van der Waals surface area contributed by atoms with Crippen LogP contribution in [0.1, 0.15) is 23.7 Å². The Labute approximate surface area is 105 Å². The zero-order valence-electron chi connectivity index (χ0n) is 10.1. The van der Waals surface area contributed by atoms with E-state index in [9.17, 15) is 15.0 Å². The molecule has 0 amide bonds. The Bertz CT molecular complexity index is 415. The van der Waals surface area contributed by atoms with Gasteiger partial charge in [-0.15, -0.1) is 0 Å². The molecule has 0 saturated carbocycles. The van der Waals surface area contributed by atoms with Crippen LogP contribution in [0.15, 0.2) is 30.3 Å². The number of carbonyl (C=O) groups excluding carboxylic acids is 1. The molecule has 1 aromatic rings. The van der Waals surface area contributed by atoms with Gasteiger partial charge in [0.2, 0.25) is 0 Å². The average molecular weight is 252 g/mol. The monoisotopic (exact) mass is 252 g/mol. The van der Waals surface area contributed by atoms with Gasteiger partial charge in [0.05, 0.1) is 11.7 Å². The molecule has 0 aliphatic carbocycles. The second kappa shape index (κ2) is 5.06. The van der Waals surface area contributed by atoms with Crippen molar-refractivity contribution in [3.05, 3.63) is 35.9 Å². The number of rotatable bonds is 3. The summed E-state index contributed by atoms with van der Waals surface area (Å²) in [6.07, 6.45) is -1.41. The van der Waals surface area contributed by atoms with E-state index in [0.717, 1.165) is 0 Å². The fourth-order valence-electron chi connectivity index (χ4n) is 1.93. The van der Waals surface area contributed by atoms with Crippen LogP contribution in [0.5, 0.6) is 0 Å². The fraction of sp³-hybridized carbons (Fsp3) is 0.462. The third kappa shape index (κ3) is 3.07. The van der Waals surface area contributed by atoms with Crippen molar-refractivity contribution in [1.29, 1.82) is 0 Å². The maximum absolute atomic E-state index is 11.6. The highest BCUT2D eigenvalue weighted by molar-refractivity contribution is 5.89. The summed E-state index contributed by atoms with van der Waals surface area (Å²) in [5, 5.41) is 19.2. The van der Waals surface area contributed by atoms with E-state index < -0.39 is 24.0 Å². The van der Waals surface area contributed by atoms with Gasteiger partial charge in [0.1, 0.15) is 12.7 Å². The summed E-state index contributed by atoms with van der Waals surface area (Å²) in [5.74, 6) is -1.83. The molecule has 0 unspecified atom stereocenters. The predicted octanol–water partition coefficient (Wildman–Crippen LogP) is 0.702. The highest BCUT2D eigenvalue weighted by Gasteiger charge is 2.41. The van der Waals surface area contributed by atoms with Gasteiger partial charge >= 0.3 is 5.97 Å². The Morgan fingerprint density at radius 2 is 2.17 bits per heavy atom. The van der Waals surface area contributed by atoms with E-state index in [4.69, 9.17) is 9.47 Å². The van der Waals surface area contributed by atoms with Gasteiger partial charge in [0.15, 0.2) is 5.79 Å². The third-order valence-electron chi connectivity index (χ3n) is 2.81. The van der Waals surface area contributed by atoms with Crippen molar-refractivity contribution in [1.82, 2.24) is 0 Å². The lowest BCUT2D eigenvalue weighted by Crippen LogP contribution is -2.29. The molecular formula is C13H16O5. The second-order valence-corrected chi connectivity index (χ2v) is 4.57. The summed E-state index contributed by atoms with van der Waals surface area (Å²) in [6, 6.07) is 8.57. The van der Waals surface area contributed by atoms with Crippen LogP contribution < -0.4 is 0 Å². The topological polar surface area (TPSA) is 76.0 Å². The summed E-state index contributed by atoms with van der Waals surface area (Å²) in [7, 11) is 0. The minimum absolute atomic E-state index is 0.0783.